The lowest BCUT2D eigenvalue weighted by Crippen LogP contribution is -2.58. The zero-order valence-corrected chi connectivity index (χ0v) is 21.3. The van der Waals surface area contributed by atoms with Crippen molar-refractivity contribution in [3.05, 3.63) is 47.8 Å². The van der Waals surface area contributed by atoms with Gasteiger partial charge in [-0.3, -0.25) is 4.90 Å². The van der Waals surface area contributed by atoms with Gasteiger partial charge >= 0.3 is 0 Å². The van der Waals surface area contributed by atoms with E-state index >= 15 is 0 Å². The first-order valence-corrected chi connectivity index (χ1v) is 14.4. The number of fused-ring (bicyclic) bond motifs is 5. The molecule has 7 rings (SSSR count). The number of imidazole rings is 2. The largest absolute Gasteiger partial charge is 0.346 e. The molecular weight excluding hydrogens is 430 g/mol. The van der Waals surface area contributed by atoms with Crippen molar-refractivity contribution in [1.29, 1.82) is 0 Å². The van der Waals surface area contributed by atoms with Gasteiger partial charge in [0.15, 0.2) is 0 Å². The molecule has 1 N–H and O–H groups in total. The Labute approximate surface area is 209 Å². The van der Waals surface area contributed by atoms with E-state index in [4.69, 9.17) is 4.98 Å². The summed E-state index contributed by atoms with van der Waals surface area (Å²) >= 11 is 0. The van der Waals surface area contributed by atoms with Crippen molar-refractivity contribution in [1.82, 2.24) is 24.4 Å². The predicted octanol–water partition coefficient (Wildman–Crippen LogP) is 6.58. The normalized spacial score (nSPS) is 33.6. The summed E-state index contributed by atoms with van der Waals surface area (Å²) in [5.74, 6) is 4.21. The highest BCUT2D eigenvalue weighted by Gasteiger charge is 2.45. The third kappa shape index (κ3) is 4.14. The zero-order valence-electron chi connectivity index (χ0n) is 21.3. The number of hydrogen-bond donors (Lipinski definition) is 1. The second-order valence-corrected chi connectivity index (χ2v) is 12.3. The molecule has 2 saturated carbocycles. The average molecular weight is 472 g/mol. The first-order valence-electron chi connectivity index (χ1n) is 14.4. The number of aromatic nitrogens is 4. The second kappa shape index (κ2) is 9.06. The highest BCUT2D eigenvalue weighted by atomic mass is 15.3. The van der Waals surface area contributed by atoms with Crippen LogP contribution in [0.1, 0.15) is 100 Å². The minimum Gasteiger partial charge on any atom is -0.346 e. The Morgan fingerprint density at radius 1 is 0.829 bits per heavy atom. The van der Waals surface area contributed by atoms with Gasteiger partial charge in [-0.2, -0.15) is 0 Å². The standard InChI is InChI=1S/C30H41N5/c1-20-19-31-29(32-20)18-30-33-27-11-4-5-12-28(27)35(30)26-16-23-9-6-10-24(17-26)34(23)25-14-21-7-2-3-8-22(13-21)15-25/h4-5,11-12,19,21-26H,2-3,6-10,13-18H2,1H3,(H,31,32)/t21-,22+,23-,24+,25-,26+. The number of nitrogens with zero attached hydrogens (tertiary/aromatic N) is 4. The molecule has 4 heterocycles. The highest BCUT2D eigenvalue weighted by molar-refractivity contribution is 5.76. The summed E-state index contributed by atoms with van der Waals surface area (Å²) < 4.78 is 2.62. The molecule has 0 unspecified atom stereocenters. The van der Waals surface area contributed by atoms with Crippen molar-refractivity contribution >= 4 is 11.0 Å². The minimum atomic E-state index is 0.547. The molecule has 0 spiro atoms. The maximum absolute atomic E-state index is 5.13. The van der Waals surface area contributed by atoms with E-state index in [0.29, 0.717) is 6.04 Å². The van der Waals surface area contributed by atoms with Gasteiger partial charge in [0.25, 0.3) is 0 Å². The topological polar surface area (TPSA) is 49.7 Å². The lowest BCUT2D eigenvalue weighted by atomic mass is 9.73. The van der Waals surface area contributed by atoms with E-state index < -0.39 is 0 Å². The summed E-state index contributed by atoms with van der Waals surface area (Å²) in [7, 11) is 0. The zero-order chi connectivity index (χ0) is 23.4. The smallest absolute Gasteiger partial charge is 0.117 e. The Bertz CT molecular complexity index is 1150. The molecule has 5 heteroatoms. The molecule has 4 bridgehead atoms. The van der Waals surface area contributed by atoms with Crippen LogP contribution in [0.2, 0.25) is 0 Å². The van der Waals surface area contributed by atoms with Crippen LogP contribution in [0, 0.1) is 18.8 Å². The Morgan fingerprint density at radius 2 is 1.57 bits per heavy atom. The summed E-state index contributed by atoms with van der Waals surface area (Å²) in [6, 6.07) is 11.7. The molecular formula is C30H41N5. The third-order valence-corrected chi connectivity index (χ3v) is 9.90. The fraction of sp³-hybridized carbons (Fsp3) is 0.667. The summed E-state index contributed by atoms with van der Waals surface area (Å²) in [5.41, 5.74) is 3.57. The second-order valence-electron chi connectivity index (χ2n) is 12.3. The van der Waals surface area contributed by atoms with Gasteiger partial charge in [-0.25, -0.2) is 9.97 Å². The molecule has 1 aromatic carbocycles. The summed E-state index contributed by atoms with van der Waals surface area (Å²) in [6.07, 6.45) is 19.9. The van der Waals surface area contributed by atoms with Gasteiger partial charge in [-0.05, 0) is 75.8 Å². The van der Waals surface area contributed by atoms with Crippen molar-refractivity contribution in [3.8, 4) is 0 Å². The quantitative estimate of drug-likeness (QED) is 0.468. The van der Waals surface area contributed by atoms with Gasteiger partial charge in [0.05, 0.1) is 17.5 Å². The third-order valence-electron chi connectivity index (χ3n) is 9.90. The van der Waals surface area contributed by atoms with Crippen molar-refractivity contribution < 1.29 is 0 Å². The molecule has 0 radical (unpaired) electrons. The van der Waals surface area contributed by atoms with E-state index in [0.717, 1.165) is 53.4 Å². The van der Waals surface area contributed by atoms with E-state index in [-0.39, 0.29) is 0 Å². The number of para-hydroxylation sites is 2. The molecule has 4 fully saturated rings. The number of benzene rings is 1. The highest BCUT2D eigenvalue weighted by Crippen LogP contribution is 2.47. The molecule has 4 aliphatic rings. The Morgan fingerprint density at radius 3 is 2.29 bits per heavy atom. The van der Waals surface area contributed by atoms with Crippen LogP contribution in [0.25, 0.3) is 11.0 Å². The number of hydrogen-bond acceptors (Lipinski definition) is 3. The number of H-pyrrole nitrogens is 1. The SMILES string of the molecule is Cc1cnc(Cc2nc3ccccc3n2[C@H]2C[C@H]3CCC[C@@H](C2)N3[C@@H]2C[C@@H]3CCCC[C@@H](C3)C2)[nH]1. The average Bonchev–Trinajstić information content (AvgIpc) is 3.38. The van der Waals surface area contributed by atoms with E-state index in [9.17, 15) is 0 Å². The maximum Gasteiger partial charge on any atom is 0.117 e. The van der Waals surface area contributed by atoms with Crippen LogP contribution in [-0.4, -0.2) is 42.5 Å². The number of aryl methyl sites for hydroxylation is 1. The predicted molar refractivity (Wildman–Crippen MR) is 140 cm³/mol. The van der Waals surface area contributed by atoms with Crippen molar-refractivity contribution in [2.75, 3.05) is 0 Å². The van der Waals surface area contributed by atoms with Crippen molar-refractivity contribution in [2.24, 2.45) is 11.8 Å². The molecule has 35 heavy (non-hydrogen) atoms. The van der Waals surface area contributed by atoms with Crippen LogP contribution >= 0.6 is 0 Å². The Hall–Kier alpha value is -2.14. The summed E-state index contributed by atoms with van der Waals surface area (Å²) in [6.45, 7) is 2.08. The lowest BCUT2D eigenvalue weighted by Gasteiger charge is -2.54. The van der Waals surface area contributed by atoms with Crippen LogP contribution in [0.3, 0.4) is 0 Å². The summed E-state index contributed by atoms with van der Waals surface area (Å²) in [5, 5.41) is 0. The van der Waals surface area contributed by atoms with Gasteiger partial charge < -0.3 is 9.55 Å². The molecule has 2 aliphatic heterocycles. The van der Waals surface area contributed by atoms with Crippen LogP contribution in [-0.2, 0) is 6.42 Å². The number of nitrogens with one attached hydrogen (secondary N) is 1. The first-order chi connectivity index (χ1) is 17.2. The molecule has 3 aromatic rings. The Balaban J connectivity index is 1.19. The van der Waals surface area contributed by atoms with Gasteiger partial charge in [-0.15, -0.1) is 0 Å². The van der Waals surface area contributed by atoms with Crippen molar-refractivity contribution in [2.45, 2.75) is 115 Å². The van der Waals surface area contributed by atoms with Crippen LogP contribution in [0.5, 0.6) is 0 Å². The van der Waals surface area contributed by atoms with Gasteiger partial charge in [-0.1, -0.05) is 44.2 Å². The van der Waals surface area contributed by atoms with E-state index in [2.05, 4.69) is 50.6 Å². The molecule has 0 amide bonds. The molecule has 186 valence electrons. The van der Waals surface area contributed by atoms with Gasteiger partial charge in [0, 0.05) is 36.1 Å². The monoisotopic (exact) mass is 471 g/mol. The van der Waals surface area contributed by atoms with Gasteiger partial charge in [0.2, 0.25) is 0 Å². The molecule has 2 aliphatic carbocycles. The molecule has 5 nitrogen and oxygen atoms in total. The summed E-state index contributed by atoms with van der Waals surface area (Å²) in [4.78, 5) is 16.3. The lowest BCUT2D eigenvalue weighted by molar-refractivity contribution is -0.0419. The maximum atomic E-state index is 5.13. The number of piperidine rings is 2. The fourth-order valence-electron chi connectivity index (χ4n) is 8.64. The minimum absolute atomic E-state index is 0.547. The fourth-order valence-corrected chi connectivity index (χ4v) is 8.64. The van der Waals surface area contributed by atoms with Crippen LogP contribution in [0.15, 0.2) is 30.5 Å². The van der Waals surface area contributed by atoms with E-state index in [1.54, 1.807) is 0 Å². The molecule has 2 saturated heterocycles. The molecule has 6 atom stereocenters. The Kier molecular flexibility index (Phi) is 5.72. The number of rotatable bonds is 4. The van der Waals surface area contributed by atoms with Crippen LogP contribution < -0.4 is 0 Å². The number of aromatic amines is 1. The first kappa shape index (κ1) is 22.1. The van der Waals surface area contributed by atoms with Crippen LogP contribution in [0.4, 0.5) is 0 Å². The van der Waals surface area contributed by atoms with E-state index in [1.165, 1.54) is 88.4 Å². The van der Waals surface area contributed by atoms with Gasteiger partial charge in [0.1, 0.15) is 11.6 Å². The molecule has 2 aromatic heterocycles. The van der Waals surface area contributed by atoms with E-state index in [1.807, 2.05) is 6.20 Å². The van der Waals surface area contributed by atoms with Crippen molar-refractivity contribution in [3.63, 3.8) is 0 Å².